The minimum absolute atomic E-state index is 0.00555. The molecule has 150 valence electrons. The zero-order valence-corrected chi connectivity index (χ0v) is 15.7. The molecule has 0 heterocycles. The lowest BCUT2D eigenvalue weighted by atomic mass is 10.1. The molecule has 0 aliphatic rings. The van der Waals surface area contributed by atoms with Crippen LogP contribution in [-0.2, 0) is 14.6 Å². The Morgan fingerprint density at radius 3 is 2.18 bits per heavy atom. The SMILES string of the molecule is CC(=O)Nc1cccc(C(C)NC(=O)c2ccc(S(=O)(=O)C(F)(F)F)cc2)c1. The first-order chi connectivity index (χ1) is 12.9. The first kappa shape index (κ1) is 21.4. The molecular weight excluding hydrogens is 397 g/mol. The minimum atomic E-state index is -5.47. The van der Waals surface area contributed by atoms with Gasteiger partial charge in [-0.1, -0.05) is 12.1 Å². The molecule has 28 heavy (non-hydrogen) atoms. The standard InChI is InChI=1S/C18H17F3N2O4S/c1-11(14-4-3-5-15(10-14)23-12(2)24)22-17(25)13-6-8-16(9-7-13)28(26,27)18(19,20)21/h3-11H,1-2H3,(H,22,25)(H,23,24). The van der Waals surface area contributed by atoms with Gasteiger partial charge in [0.25, 0.3) is 15.7 Å². The fourth-order valence-electron chi connectivity index (χ4n) is 2.37. The molecule has 10 heteroatoms. The van der Waals surface area contributed by atoms with E-state index in [9.17, 15) is 31.2 Å². The molecule has 2 amide bonds. The smallest absolute Gasteiger partial charge is 0.346 e. The fraction of sp³-hybridized carbons (Fsp3) is 0.222. The van der Waals surface area contributed by atoms with Gasteiger partial charge in [0.2, 0.25) is 5.91 Å². The lowest BCUT2D eigenvalue weighted by Gasteiger charge is -2.16. The van der Waals surface area contributed by atoms with Crippen LogP contribution in [-0.4, -0.2) is 25.7 Å². The summed E-state index contributed by atoms with van der Waals surface area (Å²) >= 11 is 0. The summed E-state index contributed by atoms with van der Waals surface area (Å²) < 4.78 is 60.4. The molecule has 0 radical (unpaired) electrons. The van der Waals surface area contributed by atoms with Crippen molar-refractivity contribution in [3.8, 4) is 0 Å². The number of sulfone groups is 1. The summed E-state index contributed by atoms with van der Waals surface area (Å²) in [5.41, 5.74) is -4.17. The lowest BCUT2D eigenvalue weighted by molar-refractivity contribution is -0.114. The van der Waals surface area contributed by atoms with Gasteiger partial charge in [-0.25, -0.2) is 8.42 Å². The molecule has 0 saturated heterocycles. The monoisotopic (exact) mass is 414 g/mol. The Labute approximate surface area is 159 Å². The van der Waals surface area contributed by atoms with Crippen LogP contribution in [0.25, 0.3) is 0 Å². The van der Waals surface area contributed by atoms with Crippen molar-refractivity contribution in [2.45, 2.75) is 30.3 Å². The molecular formula is C18H17F3N2O4S. The van der Waals surface area contributed by atoms with Crippen molar-refractivity contribution in [3.05, 3.63) is 59.7 Å². The molecule has 0 saturated carbocycles. The van der Waals surface area contributed by atoms with Gasteiger partial charge in [-0.3, -0.25) is 9.59 Å². The average molecular weight is 414 g/mol. The summed E-state index contributed by atoms with van der Waals surface area (Å²) in [6, 6.07) is 9.79. The predicted molar refractivity (Wildman–Crippen MR) is 96.3 cm³/mol. The Kier molecular flexibility index (Phi) is 6.13. The van der Waals surface area contributed by atoms with Crippen LogP contribution in [0.5, 0.6) is 0 Å². The quantitative estimate of drug-likeness (QED) is 0.784. The average Bonchev–Trinajstić information content (AvgIpc) is 2.60. The number of hydrogen-bond donors (Lipinski definition) is 2. The maximum atomic E-state index is 12.6. The number of carbonyl (C=O) groups excluding carboxylic acids is 2. The summed E-state index contributed by atoms with van der Waals surface area (Å²) in [4.78, 5) is 22.5. The van der Waals surface area contributed by atoms with Gasteiger partial charge in [-0.05, 0) is 48.9 Å². The summed E-state index contributed by atoms with van der Waals surface area (Å²) in [5, 5.41) is 5.28. The molecule has 2 rings (SSSR count). The number of benzene rings is 2. The maximum Gasteiger partial charge on any atom is 0.501 e. The highest BCUT2D eigenvalue weighted by molar-refractivity contribution is 7.92. The molecule has 0 fully saturated rings. The van der Waals surface area contributed by atoms with Crippen molar-refractivity contribution in [2.75, 3.05) is 5.32 Å². The van der Waals surface area contributed by atoms with Crippen LogP contribution < -0.4 is 10.6 Å². The number of hydrogen-bond acceptors (Lipinski definition) is 4. The molecule has 0 aliphatic carbocycles. The molecule has 6 nitrogen and oxygen atoms in total. The third-order valence-corrected chi connectivity index (χ3v) is 5.29. The van der Waals surface area contributed by atoms with Crippen molar-refractivity contribution < 1.29 is 31.2 Å². The van der Waals surface area contributed by atoms with E-state index in [1.807, 2.05) is 0 Å². The van der Waals surface area contributed by atoms with E-state index in [-0.39, 0.29) is 11.5 Å². The second kappa shape index (κ2) is 8.01. The number of alkyl halides is 3. The highest BCUT2D eigenvalue weighted by Gasteiger charge is 2.46. The van der Waals surface area contributed by atoms with Gasteiger partial charge in [0.15, 0.2) is 0 Å². The van der Waals surface area contributed by atoms with Crippen molar-refractivity contribution in [3.63, 3.8) is 0 Å². The second-order valence-electron chi connectivity index (χ2n) is 5.98. The first-order valence-electron chi connectivity index (χ1n) is 8.01. The van der Waals surface area contributed by atoms with E-state index < -0.39 is 32.2 Å². The van der Waals surface area contributed by atoms with E-state index in [2.05, 4.69) is 10.6 Å². The molecule has 0 aliphatic heterocycles. The second-order valence-corrected chi connectivity index (χ2v) is 7.92. The largest absolute Gasteiger partial charge is 0.501 e. The van der Waals surface area contributed by atoms with E-state index in [0.717, 1.165) is 24.3 Å². The third kappa shape index (κ3) is 4.89. The van der Waals surface area contributed by atoms with Crippen molar-refractivity contribution in [1.82, 2.24) is 5.32 Å². The van der Waals surface area contributed by atoms with Crippen molar-refractivity contribution in [2.24, 2.45) is 0 Å². The van der Waals surface area contributed by atoms with Crippen LogP contribution in [0, 0.1) is 0 Å². The summed E-state index contributed by atoms with van der Waals surface area (Å²) in [6.45, 7) is 3.05. The third-order valence-electron chi connectivity index (χ3n) is 3.79. The van der Waals surface area contributed by atoms with Crippen LogP contribution in [0.2, 0.25) is 0 Å². The Morgan fingerprint density at radius 1 is 1.04 bits per heavy atom. The van der Waals surface area contributed by atoms with Crippen LogP contribution >= 0.6 is 0 Å². The van der Waals surface area contributed by atoms with E-state index in [1.165, 1.54) is 6.92 Å². The Morgan fingerprint density at radius 2 is 1.64 bits per heavy atom. The number of rotatable bonds is 5. The topological polar surface area (TPSA) is 92.3 Å². The van der Waals surface area contributed by atoms with Gasteiger partial charge >= 0.3 is 5.51 Å². The van der Waals surface area contributed by atoms with Gasteiger partial charge in [-0.15, -0.1) is 0 Å². The van der Waals surface area contributed by atoms with Crippen LogP contribution in [0.3, 0.4) is 0 Å². The van der Waals surface area contributed by atoms with Gasteiger partial charge in [-0.2, -0.15) is 13.2 Å². The maximum absolute atomic E-state index is 12.6. The number of halogens is 3. The van der Waals surface area contributed by atoms with Crippen LogP contribution in [0.1, 0.15) is 35.8 Å². The molecule has 2 aromatic carbocycles. The normalized spacial score (nSPS) is 12.9. The highest BCUT2D eigenvalue weighted by Crippen LogP contribution is 2.30. The van der Waals surface area contributed by atoms with Crippen LogP contribution in [0.15, 0.2) is 53.4 Å². The fourth-order valence-corrected chi connectivity index (χ4v) is 3.13. The predicted octanol–water partition coefficient (Wildman–Crippen LogP) is 3.43. The Hall–Kier alpha value is -2.88. The summed E-state index contributed by atoms with van der Waals surface area (Å²) in [6.07, 6.45) is 0. The molecule has 1 atom stereocenters. The molecule has 1 unspecified atom stereocenters. The molecule has 0 bridgehead atoms. The molecule has 0 spiro atoms. The van der Waals surface area contributed by atoms with E-state index in [0.29, 0.717) is 11.3 Å². The minimum Gasteiger partial charge on any atom is -0.346 e. The van der Waals surface area contributed by atoms with Crippen molar-refractivity contribution >= 4 is 27.3 Å². The molecule has 0 aromatic heterocycles. The number of anilines is 1. The van der Waals surface area contributed by atoms with Gasteiger partial charge < -0.3 is 10.6 Å². The Balaban J connectivity index is 2.14. The number of amides is 2. The van der Waals surface area contributed by atoms with Crippen molar-refractivity contribution in [1.29, 1.82) is 0 Å². The summed E-state index contributed by atoms with van der Waals surface area (Å²) in [7, 11) is -5.47. The highest BCUT2D eigenvalue weighted by atomic mass is 32.2. The first-order valence-corrected chi connectivity index (χ1v) is 9.50. The van der Waals surface area contributed by atoms with Crippen LogP contribution in [0.4, 0.5) is 18.9 Å². The van der Waals surface area contributed by atoms with Gasteiger partial charge in [0.05, 0.1) is 10.9 Å². The summed E-state index contributed by atoms with van der Waals surface area (Å²) in [5.74, 6) is -0.837. The van der Waals surface area contributed by atoms with Gasteiger partial charge in [0.1, 0.15) is 0 Å². The zero-order valence-electron chi connectivity index (χ0n) is 14.9. The number of carbonyl (C=O) groups is 2. The van der Waals surface area contributed by atoms with E-state index >= 15 is 0 Å². The number of nitrogens with one attached hydrogen (secondary N) is 2. The zero-order chi connectivity index (χ0) is 21.1. The Bertz CT molecular complexity index is 987. The molecule has 2 N–H and O–H groups in total. The molecule has 2 aromatic rings. The van der Waals surface area contributed by atoms with E-state index in [1.54, 1.807) is 31.2 Å². The van der Waals surface area contributed by atoms with E-state index in [4.69, 9.17) is 0 Å². The lowest BCUT2D eigenvalue weighted by Crippen LogP contribution is -2.27. The van der Waals surface area contributed by atoms with Gasteiger partial charge in [0, 0.05) is 18.2 Å².